The fourth-order valence-corrected chi connectivity index (χ4v) is 1.89. The fourth-order valence-electron chi connectivity index (χ4n) is 1.89. The summed E-state index contributed by atoms with van der Waals surface area (Å²) in [6, 6.07) is 12.6. The van der Waals surface area contributed by atoms with Crippen LogP contribution in [0.4, 0.5) is 4.39 Å². The standard InChI is InChI=1S/C18H17FN2O4/c19-15-6-1-14(2-7-15)11-20-18(23)12-25-16-8-3-13(4-9-16)5-10-17(22)21-24/h1-10,24H,11-12H2,(H,20,23)(H,21,22)/b10-5+. The van der Waals surface area contributed by atoms with Gasteiger partial charge in [0, 0.05) is 12.6 Å². The summed E-state index contributed by atoms with van der Waals surface area (Å²) in [7, 11) is 0. The van der Waals surface area contributed by atoms with Crippen LogP contribution in [-0.4, -0.2) is 23.6 Å². The predicted octanol–water partition coefficient (Wildman–Crippen LogP) is 2.04. The number of ether oxygens (including phenoxy) is 1. The van der Waals surface area contributed by atoms with Crippen LogP contribution in [0.15, 0.2) is 54.6 Å². The maximum atomic E-state index is 12.8. The van der Waals surface area contributed by atoms with E-state index >= 15 is 0 Å². The van der Waals surface area contributed by atoms with Gasteiger partial charge in [-0.1, -0.05) is 24.3 Å². The van der Waals surface area contributed by atoms with E-state index < -0.39 is 5.91 Å². The molecule has 0 fully saturated rings. The van der Waals surface area contributed by atoms with Crippen LogP contribution >= 0.6 is 0 Å². The van der Waals surface area contributed by atoms with Crippen molar-refractivity contribution in [3.63, 3.8) is 0 Å². The highest BCUT2D eigenvalue weighted by atomic mass is 19.1. The van der Waals surface area contributed by atoms with Crippen LogP contribution in [0, 0.1) is 5.82 Å². The monoisotopic (exact) mass is 344 g/mol. The SMILES string of the molecule is O=C(/C=C/c1ccc(OCC(=O)NCc2ccc(F)cc2)cc1)NO. The Balaban J connectivity index is 1.76. The number of rotatable bonds is 7. The smallest absolute Gasteiger partial charge is 0.267 e. The first-order chi connectivity index (χ1) is 12.1. The van der Waals surface area contributed by atoms with Crippen molar-refractivity contribution >= 4 is 17.9 Å². The second-order valence-electron chi connectivity index (χ2n) is 5.07. The molecular weight excluding hydrogens is 327 g/mol. The van der Waals surface area contributed by atoms with Crippen molar-refractivity contribution in [3.05, 3.63) is 71.6 Å². The van der Waals surface area contributed by atoms with Gasteiger partial charge in [-0.05, 0) is 41.5 Å². The lowest BCUT2D eigenvalue weighted by Gasteiger charge is -2.08. The van der Waals surface area contributed by atoms with Gasteiger partial charge in [0.15, 0.2) is 6.61 Å². The van der Waals surface area contributed by atoms with Crippen molar-refractivity contribution in [1.82, 2.24) is 10.8 Å². The summed E-state index contributed by atoms with van der Waals surface area (Å²) in [5.41, 5.74) is 3.02. The highest BCUT2D eigenvalue weighted by Crippen LogP contribution is 2.13. The van der Waals surface area contributed by atoms with Gasteiger partial charge in [-0.15, -0.1) is 0 Å². The lowest BCUT2D eigenvalue weighted by atomic mass is 10.2. The second kappa shape index (κ2) is 9.19. The van der Waals surface area contributed by atoms with E-state index in [4.69, 9.17) is 9.94 Å². The topological polar surface area (TPSA) is 87.7 Å². The Morgan fingerprint density at radius 3 is 2.40 bits per heavy atom. The highest BCUT2D eigenvalue weighted by Gasteiger charge is 2.03. The molecule has 2 amide bonds. The van der Waals surface area contributed by atoms with Gasteiger partial charge in [0.1, 0.15) is 11.6 Å². The average Bonchev–Trinajstić information content (AvgIpc) is 2.64. The lowest BCUT2D eigenvalue weighted by molar-refractivity contribution is -0.124. The van der Waals surface area contributed by atoms with E-state index in [1.807, 2.05) is 0 Å². The number of carbonyl (C=O) groups excluding carboxylic acids is 2. The van der Waals surface area contributed by atoms with E-state index in [9.17, 15) is 14.0 Å². The minimum absolute atomic E-state index is 0.150. The maximum absolute atomic E-state index is 12.8. The third-order valence-electron chi connectivity index (χ3n) is 3.19. The zero-order valence-electron chi connectivity index (χ0n) is 13.2. The van der Waals surface area contributed by atoms with E-state index in [0.29, 0.717) is 12.3 Å². The van der Waals surface area contributed by atoms with Crippen molar-refractivity contribution in [3.8, 4) is 5.75 Å². The van der Waals surface area contributed by atoms with Crippen LogP contribution in [0.2, 0.25) is 0 Å². The number of hydrogen-bond acceptors (Lipinski definition) is 4. The van der Waals surface area contributed by atoms with Gasteiger partial charge in [-0.25, -0.2) is 9.87 Å². The Morgan fingerprint density at radius 1 is 1.08 bits per heavy atom. The van der Waals surface area contributed by atoms with Crippen LogP contribution in [0.25, 0.3) is 6.08 Å². The molecule has 0 aliphatic rings. The Hall–Kier alpha value is -3.19. The molecule has 3 N–H and O–H groups in total. The van der Waals surface area contributed by atoms with Crippen molar-refractivity contribution in [1.29, 1.82) is 0 Å². The average molecular weight is 344 g/mol. The second-order valence-corrected chi connectivity index (χ2v) is 5.07. The summed E-state index contributed by atoms with van der Waals surface area (Å²) in [6.07, 6.45) is 2.70. The molecule has 130 valence electrons. The molecule has 0 unspecified atom stereocenters. The molecule has 0 radical (unpaired) electrons. The first kappa shape index (κ1) is 18.2. The van der Waals surface area contributed by atoms with Crippen LogP contribution in [-0.2, 0) is 16.1 Å². The summed E-state index contributed by atoms with van der Waals surface area (Å²) in [6.45, 7) is 0.141. The molecule has 0 bridgehead atoms. The zero-order valence-corrected chi connectivity index (χ0v) is 13.2. The van der Waals surface area contributed by atoms with Crippen LogP contribution in [0.5, 0.6) is 5.75 Å². The number of hydroxylamine groups is 1. The van der Waals surface area contributed by atoms with Gasteiger partial charge >= 0.3 is 0 Å². The molecule has 2 rings (SSSR count). The number of halogens is 1. The molecule has 7 heteroatoms. The minimum Gasteiger partial charge on any atom is -0.484 e. The molecule has 0 aliphatic carbocycles. The first-order valence-corrected chi connectivity index (χ1v) is 7.43. The molecule has 0 heterocycles. The molecular formula is C18H17FN2O4. The van der Waals surface area contributed by atoms with E-state index in [2.05, 4.69) is 5.32 Å². The maximum Gasteiger partial charge on any atom is 0.267 e. The molecule has 6 nitrogen and oxygen atoms in total. The van der Waals surface area contributed by atoms with Crippen molar-refractivity contribution in [2.45, 2.75) is 6.54 Å². The van der Waals surface area contributed by atoms with Crippen LogP contribution < -0.4 is 15.5 Å². The van der Waals surface area contributed by atoms with Gasteiger partial charge in [0.2, 0.25) is 0 Å². The van der Waals surface area contributed by atoms with Gasteiger partial charge in [-0.2, -0.15) is 0 Å². The van der Waals surface area contributed by atoms with Crippen molar-refractivity contribution in [2.24, 2.45) is 0 Å². The number of hydrogen-bond donors (Lipinski definition) is 3. The Bertz CT molecular complexity index is 743. The molecule has 0 atom stereocenters. The summed E-state index contributed by atoms with van der Waals surface area (Å²) >= 11 is 0. The third-order valence-corrected chi connectivity index (χ3v) is 3.19. The van der Waals surface area contributed by atoms with Crippen LogP contribution in [0.3, 0.4) is 0 Å². The quantitative estimate of drug-likeness (QED) is 0.407. The molecule has 0 saturated carbocycles. The molecule has 0 aliphatic heterocycles. The molecule has 0 saturated heterocycles. The van der Waals surface area contributed by atoms with Gasteiger partial charge in [0.05, 0.1) is 0 Å². The van der Waals surface area contributed by atoms with Gasteiger partial charge in [-0.3, -0.25) is 14.8 Å². The van der Waals surface area contributed by atoms with E-state index in [0.717, 1.165) is 11.1 Å². The molecule has 2 aromatic carbocycles. The summed E-state index contributed by atoms with van der Waals surface area (Å²) in [5.74, 6) is -0.750. The molecule has 25 heavy (non-hydrogen) atoms. The highest BCUT2D eigenvalue weighted by molar-refractivity contribution is 5.90. The first-order valence-electron chi connectivity index (χ1n) is 7.43. The lowest BCUT2D eigenvalue weighted by Crippen LogP contribution is -2.28. The Morgan fingerprint density at radius 2 is 1.76 bits per heavy atom. The summed E-state index contributed by atoms with van der Waals surface area (Å²) in [5, 5.41) is 11.1. The Labute approximate surface area is 143 Å². The summed E-state index contributed by atoms with van der Waals surface area (Å²) in [4.78, 5) is 22.6. The third kappa shape index (κ3) is 6.44. The van der Waals surface area contributed by atoms with Gasteiger partial charge < -0.3 is 10.1 Å². The molecule has 0 aromatic heterocycles. The van der Waals surface area contributed by atoms with E-state index in [1.165, 1.54) is 29.8 Å². The number of carbonyl (C=O) groups is 2. The molecule has 0 spiro atoms. The predicted molar refractivity (Wildman–Crippen MR) is 89.1 cm³/mol. The number of benzene rings is 2. The van der Waals surface area contributed by atoms with E-state index in [1.54, 1.807) is 36.4 Å². The number of nitrogens with one attached hydrogen (secondary N) is 2. The largest absolute Gasteiger partial charge is 0.484 e. The normalized spacial score (nSPS) is 10.5. The summed E-state index contributed by atoms with van der Waals surface area (Å²) < 4.78 is 18.1. The minimum atomic E-state index is -0.627. The molecule has 2 aromatic rings. The van der Waals surface area contributed by atoms with Crippen molar-refractivity contribution < 1.29 is 23.9 Å². The van der Waals surface area contributed by atoms with E-state index in [-0.39, 0.29) is 18.3 Å². The van der Waals surface area contributed by atoms with Crippen molar-refractivity contribution in [2.75, 3.05) is 6.61 Å². The van der Waals surface area contributed by atoms with Crippen LogP contribution in [0.1, 0.15) is 11.1 Å². The Kier molecular flexibility index (Phi) is 6.67. The zero-order chi connectivity index (χ0) is 18.1. The number of amides is 2. The van der Waals surface area contributed by atoms with Gasteiger partial charge in [0.25, 0.3) is 11.8 Å². The fraction of sp³-hybridized carbons (Fsp3) is 0.111.